The molecule has 19 heteroatoms. The van der Waals surface area contributed by atoms with Crippen molar-refractivity contribution in [3.05, 3.63) is 134 Å². The molecule has 17 unspecified atom stereocenters. The fourth-order valence-corrected chi connectivity index (χ4v) is 13.8. The zero-order valence-corrected chi connectivity index (χ0v) is 67.9. The third-order valence-electron chi connectivity index (χ3n) is 20.7. The molecule has 3 aliphatic rings. The SMILES string of the molecule is CC/C=C\C/C=C\C/C=C\C/C=C\C/C=C\C/C=C\C/C=C\C/C=C\C/C=C\CCCCCCCCCC(=O)NC(COC1OC(CO)C(OC2OC(CO)C(OC3OC(CO)C(O)C(O)C3O)C(O)C2O)C(O)C1O)C(O)/C=C/CC/C=C/CCCCCCCCCCCCCCCCCCCCCCCCCC. The van der Waals surface area contributed by atoms with Crippen LogP contribution >= 0.6 is 0 Å². The van der Waals surface area contributed by atoms with Crippen molar-refractivity contribution in [1.82, 2.24) is 5.32 Å². The molecule has 12 N–H and O–H groups in total. The Morgan fingerprint density at radius 2 is 0.636 bits per heavy atom. The second-order valence-electron chi connectivity index (χ2n) is 30.3. The molecule has 0 spiro atoms. The van der Waals surface area contributed by atoms with Gasteiger partial charge in [-0.05, 0) is 103 Å². The Balaban J connectivity index is 1.37. The van der Waals surface area contributed by atoms with E-state index in [1.54, 1.807) is 6.08 Å². The van der Waals surface area contributed by atoms with E-state index in [4.69, 9.17) is 28.4 Å². The zero-order chi connectivity index (χ0) is 79.5. The number of carbonyl (C=O) groups is 1. The van der Waals surface area contributed by atoms with Gasteiger partial charge in [-0.15, -0.1) is 0 Å². The zero-order valence-electron chi connectivity index (χ0n) is 67.9. The number of nitrogens with one attached hydrogen (secondary N) is 1. The van der Waals surface area contributed by atoms with Crippen molar-refractivity contribution >= 4 is 5.91 Å². The van der Waals surface area contributed by atoms with Crippen molar-refractivity contribution in [3.63, 3.8) is 0 Å². The molecular weight excluding hydrogens is 1390 g/mol. The number of amides is 1. The van der Waals surface area contributed by atoms with Gasteiger partial charge in [0.05, 0.1) is 38.6 Å². The number of ether oxygens (including phenoxy) is 6. The van der Waals surface area contributed by atoms with Crippen LogP contribution in [0.5, 0.6) is 0 Å². The van der Waals surface area contributed by atoms with Crippen LogP contribution in [0.4, 0.5) is 0 Å². The first-order valence-corrected chi connectivity index (χ1v) is 43.4. The second kappa shape index (κ2) is 69.3. The summed E-state index contributed by atoms with van der Waals surface area (Å²) in [7, 11) is 0. The summed E-state index contributed by atoms with van der Waals surface area (Å²) in [6.45, 7) is 1.62. The first-order valence-electron chi connectivity index (χ1n) is 43.4. The smallest absolute Gasteiger partial charge is 0.220 e. The summed E-state index contributed by atoms with van der Waals surface area (Å²) in [6.07, 6.45) is 73.0. The molecule has 0 bridgehead atoms. The highest BCUT2D eigenvalue weighted by Crippen LogP contribution is 2.33. The van der Waals surface area contributed by atoms with Crippen LogP contribution in [0.25, 0.3) is 0 Å². The Morgan fingerprint density at radius 3 is 1.02 bits per heavy atom. The summed E-state index contributed by atoms with van der Waals surface area (Å²) < 4.78 is 34.5. The second-order valence-corrected chi connectivity index (χ2v) is 30.3. The highest BCUT2D eigenvalue weighted by molar-refractivity contribution is 5.76. The van der Waals surface area contributed by atoms with Crippen molar-refractivity contribution in [2.45, 2.75) is 407 Å². The topological polar surface area (TPSA) is 307 Å². The first kappa shape index (κ1) is 100. The molecule has 3 saturated heterocycles. The molecule has 3 aliphatic heterocycles. The van der Waals surface area contributed by atoms with E-state index >= 15 is 0 Å². The number of unbranched alkanes of at least 4 members (excludes halogenated alkanes) is 32. The molecule has 110 heavy (non-hydrogen) atoms. The number of aliphatic hydroxyl groups is 11. The van der Waals surface area contributed by atoms with Gasteiger partial charge in [0.25, 0.3) is 0 Å². The molecule has 3 rings (SSSR count). The largest absolute Gasteiger partial charge is 0.394 e. The molecule has 0 saturated carbocycles. The molecule has 1 amide bonds. The van der Waals surface area contributed by atoms with Gasteiger partial charge in [0.15, 0.2) is 18.9 Å². The van der Waals surface area contributed by atoms with Gasteiger partial charge in [0.1, 0.15) is 73.2 Å². The quantitative estimate of drug-likeness (QED) is 0.0199. The highest BCUT2D eigenvalue weighted by Gasteiger charge is 2.54. The molecule has 17 atom stereocenters. The molecular formula is C91H155NO18. The van der Waals surface area contributed by atoms with Crippen molar-refractivity contribution in [1.29, 1.82) is 0 Å². The van der Waals surface area contributed by atoms with Gasteiger partial charge < -0.3 is 89.9 Å². The number of rotatable bonds is 68. The highest BCUT2D eigenvalue weighted by atomic mass is 16.8. The summed E-state index contributed by atoms with van der Waals surface area (Å²) >= 11 is 0. The lowest BCUT2D eigenvalue weighted by molar-refractivity contribution is -0.379. The number of carbonyl (C=O) groups excluding carboxylic acids is 1. The maximum atomic E-state index is 13.5. The third kappa shape index (κ3) is 47.7. The van der Waals surface area contributed by atoms with Gasteiger partial charge in [-0.25, -0.2) is 0 Å². The Bertz CT molecular complexity index is 2510. The normalized spacial score (nSPS) is 25.8. The van der Waals surface area contributed by atoms with Crippen molar-refractivity contribution in [2.75, 3.05) is 26.4 Å². The monoisotopic (exact) mass is 1550 g/mol. The Labute approximate surface area is 664 Å². The standard InChI is InChI=1S/C91H155NO18/c1-3-5-7-9-11-13-15-17-19-21-23-25-27-29-31-33-35-36-37-38-39-41-43-45-47-49-51-53-55-57-59-61-63-65-67-69-79(97)92-74(75(96)68-66-64-62-60-58-56-54-52-50-48-46-44-42-40-34-32-30-28-26-24-22-20-18-16-14-12-10-8-6-4-2)73-105-89-85(103)82(100)87(77(71-94)107-89)110-91-86(104)83(101)88(78(72-95)108-91)109-90-84(102)81(99)80(98)76(70-93)106-90/h5,7,11,13,17,19,23,25,29,31,35-36,38-39,43,45,49,51,58,60,66,68,74-78,80-91,93-96,98-104H,3-4,6,8-10,12,14-16,18,20-22,24,26-28,30,32-34,37,40-42,44,46-48,50,52-57,59,61-65,67,69-73H2,1-2H3,(H,92,97)/b7-5-,13-11-,19-17-,25-23-,31-29-,36-35-,39-38-,45-43-,51-49-,60-58+,68-66+. The van der Waals surface area contributed by atoms with Crippen molar-refractivity contribution in [3.8, 4) is 0 Å². The van der Waals surface area contributed by atoms with E-state index in [0.29, 0.717) is 12.8 Å². The van der Waals surface area contributed by atoms with Gasteiger partial charge in [0.2, 0.25) is 5.91 Å². The Morgan fingerprint density at radius 1 is 0.336 bits per heavy atom. The van der Waals surface area contributed by atoms with E-state index in [-0.39, 0.29) is 18.9 Å². The Kier molecular flexibility index (Phi) is 63.0. The molecule has 0 aromatic rings. The molecule has 3 fully saturated rings. The molecule has 0 aromatic carbocycles. The lowest BCUT2D eigenvalue weighted by atomic mass is 9.96. The van der Waals surface area contributed by atoms with Crippen LogP contribution in [0, 0.1) is 0 Å². The lowest BCUT2D eigenvalue weighted by Crippen LogP contribution is -2.66. The fraction of sp³-hybridized carbons (Fsp3) is 0.747. The number of aliphatic hydroxyl groups excluding tert-OH is 11. The minimum Gasteiger partial charge on any atom is -0.394 e. The molecule has 3 heterocycles. The average Bonchev–Trinajstić information content (AvgIpc) is 0.795. The Hall–Kier alpha value is -4.07. The lowest BCUT2D eigenvalue weighted by Gasteiger charge is -2.48. The fourth-order valence-electron chi connectivity index (χ4n) is 13.8. The molecule has 0 aliphatic carbocycles. The number of hydrogen-bond donors (Lipinski definition) is 12. The minimum absolute atomic E-state index is 0.214. The van der Waals surface area contributed by atoms with Crippen LogP contribution in [0.3, 0.4) is 0 Å². The van der Waals surface area contributed by atoms with E-state index in [9.17, 15) is 61.0 Å². The maximum Gasteiger partial charge on any atom is 0.220 e. The molecule has 0 radical (unpaired) electrons. The van der Waals surface area contributed by atoms with Crippen LogP contribution in [-0.4, -0.2) is 193 Å². The molecule has 632 valence electrons. The van der Waals surface area contributed by atoms with Gasteiger partial charge in [-0.1, -0.05) is 327 Å². The summed E-state index contributed by atoms with van der Waals surface area (Å²) in [5, 5.41) is 121. The minimum atomic E-state index is -1.99. The van der Waals surface area contributed by atoms with Crippen molar-refractivity contribution < 1.29 is 89.4 Å². The van der Waals surface area contributed by atoms with E-state index in [1.165, 1.54) is 148 Å². The van der Waals surface area contributed by atoms with Crippen LogP contribution in [0.15, 0.2) is 134 Å². The maximum absolute atomic E-state index is 13.5. The van der Waals surface area contributed by atoms with Crippen LogP contribution in [0.1, 0.15) is 303 Å². The van der Waals surface area contributed by atoms with E-state index < -0.39 is 124 Å². The van der Waals surface area contributed by atoms with E-state index in [2.05, 4.69) is 141 Å². The molecule has 19 nitrogen and oxygen atoms in total. The van der Waals surface area contributed by atoms with Gasteiger partial charge >= 0.3 is 0 Å². The van der Waals surface area contributed by atoms with Crippen LogP contribution in [0.2, 0.25) is 0 Å². The van der Waals surface area contributed by atoms with Crippen molar-refractivity contribution in [2.24, 2.45) is 0 Å². The number of hydrogen-bond acceptors (Lipinski definition) is 18. The third-order valence-corrected chi connectivity index (χ3v) is 20.7. The summed E-state index contributed by atoms with van der Waals surface area (Å²) in [6, 6.07) is -1.01. The van der Waals surface area contributed by atoms with Gasteiger partial charge in [0, 0.05) is 6.42 Å². The summed E-state index contributed by atoms with van der Waals surface area (Å²) in [4.78, 5) is 13.5. The molecule has 0 aromatic heterocycles. The van der Waals surface area contributed by atoms with Crippen LogP contribution in [-0.2, 0) is 33.2 Å². The predicted molar refractivity (Wildman–Crippen MR) is 443 cm³/mol. The first-order chi connectivity index (χ1) is 53.8. The summed E-state index contributed by atoms with van der Waals surface area (Å²) in [5.74, 6) is -0.299. The van der Waals surface area contributed by atoms with Gasteiger partial charge in [-0.3, -0.25) is 4.79 Å². The predicted octanol–water partition coefficient (Wildman–Crippen LogP) is 16.0. The number of allylic oxidation sites excluding steroid dienone is 21. The van der Waals surface area contributed by atoms with E-state index in [1.807, 2.05) is 6.08 Å². The van der Waals surface area contributed by atoms with Crippen LogP contribution < -0.4 is 5.32 Å². The average molecular weight is 1550 g/mol. The summed E-state index contributed by atoms with van der Waals surface area (Å²) in [5.41, 5.74) is 0. The van der Waals surface area contributed by atoms with Gasteiger partial charge in [-0.2, -0.15) is 0 Å². The van der Waals surface area contributed by atoms with E-state index in [0.717, 1.165) is 122 Å².